The lowest BCUT2D eigenvalue weighted by Crippen LogP contribution is -2.67. The Hall–Kier alpha value is -0.0400. The Balaban J connectivity index is 2.08. The zero-order valence-corrected chi connectivity index (χ0v) is 5.65. The van der Waals surface area contributed by atoms with Crippen molar-refractivity contribution in [1.82, 2.24) is 4.90 Å². The van der Waals surface area contributed by atoms with Gasteiger partial charge < -0.3 is 4.90 Å². The summed E-state index contributed by atoms with van der Waals surface area (Å²) in [6.07, 6.45) is 2.93. The smallest absolute Gasteiger partial charge is 0.0159 e. The number of rotatable bonds is 0. The standard InChI is InChI=1S/C7H13N/c1-7-4-3-6(7)8(2)5-7/h6H,3-5H2,1-2H3/t6-,7?/m1/s1. The van der Waals surface area contributed by atoms with Crippen LogP contribution in [-0.4, -0.2) is 24.5 Å². The zero-order chi connectivity index (χ0) is 5.78. The molecule has 1 nitrogen and oxygen atoms in total. The van der Waals surface area contributed by atoms with Gasteiger partial charge in [-0.15, -0.1) is 0 Å². The van der Waals surface area contributed by atoms with Gasteiger partial charge in [-0.1, -0.05) is 6.92 Å². The number of hydrogen-bond donors (Lipinski definition) is 0. The fraction of sp³-hybridized carbons (Fsp3) is 1.00. The molecule has 2 rings (SSSR count). The van der Waals surface area contributed by atoms with Gasteiger partial charge in [0.2, 0.25) is 0 Å². The molecule has 1 unspecified atom stereocenters. The second-order valence-electron chi connectivity index (χ2n) is 3.62. The fourth-order valence-corrected chi connectivity index (χ4v) is 2.27. The Labute approximate surface area is 50.7 Å². The molecule has 0 aromatic heterocycles. The van der Waals surface area contributed by atoms with E-state index in [9.17, 15) is 0 Å². The lowest BCUT2D eigenvalue weighted by molar-refractivity contribution is -0.122. The Morgan fingerprint density at radius 1 is 1.62 bits per heavy atom. The molecule has 0 radical (unpaired) electrons. The van der Waals surface area contributed by atoms with Gasteiger partial charge in [-0.05, 0) is 25.3 Å². The largest absolute Gasteiger partial charge is 0.302 e. The summed E-state index contributed by atoms with van der Waals surface area (Å²) in [4.78, 5) is 2.46. The van der Waals surface area contributed by atoms with E-state index >= 15 is 0 Å². The third kappa shape index (κ3) is 0.334. The highest BCUT2D eigenvalue weighted by Gasteiger charge is 2.53. The van der Waals surface area contributed by atoms with Crippen LogP contribution >= 0.6 is 0 Å². The maximum atomic E-state index is 2.46. The molecule has 2 aliphatic rings. The molecule has 0 aromatic carbocycles. The van der Waals surface area contributed by atoms with Gasteiger partial charge in [0.05, 0.1) is 0 Å². The molecule has 2 fully saturated rings. The van der Waals surface area contributed by atoms with Crippen molar-refractivity contribution in [3.05, 3.63) is 0 Å². The predicted octanol–water partition coefficient (Wildman–Crippen LogP) is 1.10. The second-order valence-corrected chi connectivity index (χ2v) is 3.62. The van der Waals surface area contributed by atoms with Crippen LogP contribution in [-0.2, 0) is 0 Å². The van der Waals surface area contributed by atoms with Crippen molar-refractivity contribution in [2.24, 2.45) is 5.41 Å². The average molecular weight is 111 g/mol. The molecule has 0 amide bonds. The fourth-order valence-electron chi connectivity index (χ4n) is 2.27. The maximum Gasteiger partial charge on any atom is 0.0159 e. The first-order valence-corrected chi connectivity index (χ1v) is 3.43. The minimum Gasteiger partial charge on any atom is -0.302 e. The summed E-state index contributed by atoms with van der Waals surface area (Å²) in [5.74, 6) is 0. The van der Waals surface area contributed by atoms with E-state index in [0.717, 1.165) is 11.5 Å². The summed E-state index contributed by atoms with van der Waals surface area (Å²) in [6, 6.07) is 0.961. The molecule has 0 spiro atoms. The van der Waals surface area contributed by atoms with E-state index in [4.69, 9.17) is 0 Å². The normalized spacial score (nSPS) is 54.0. The molecule has 1 aliphatic carbocycles. The van der Waals surface area contributed by atoms with Gasteiger partial charge >= 0.3 is 0 Å². The first-order valence-electron chi connectivity index (χ1n) is 3.43. The van der Waals surface area contributed by atoms with E-state index in [1.807, 2.05) is 0 Å². The van der Waals surface area contributed by atoms with Crippen molar-refractivity contribution in [1.29, 1.82) is 0 Å². The van der Waals surface area contributed by atoms with Crippen LogP contribution in [0.5, 0.6) is 0 Å². The predicted molar refractivity (Wildman–Crippen MR) is 33.8 cm³/mol. The first-order chi connectivity index (χ1) is 3.72. The molecule has 46 valence electrons. The van der Waals surface area contributed by atoms with Crippen LogP contribution in [0.2, 0.25) is 0 Å². The van der Waals surface area contributed by atoms with E-state index in [1.54, 1.807) is 0 Å². The summed E-state index contributed by atoms with van der Waals surface area (Å²) in [6.45, 7) is 3.75. The van der Waals surface area contributed by atoms with Crippen molar-refractivity contribution in [2.75, 3.05) is 13.6 Å². The average Bonchev–Trinajstić information content (AvgIpc) is 1.64. The minimum atomic E-state index is 0.759. The van der Waals surface area contributed by atoms with Gasteiger partial charge in [-0.2, -0.15) is 0 Å². The van der Waals surface area contributed by atoms with E-state index in [0.29, 0.717) is 0 Å². The van der Waals surface area contributed by atoms with E-state index in [1.165, 1.54) is 19.4 Å². The van der Waals surface area contributed by atoms with Crippen molar-refractivity contribution < 1.29 is 0 Å². The third-order valence-electron chi connectivity index (χ3n) is 2.94. The molecule has 1 heteroatoms. The summed E-state index contributed by atoms with van der Waals surface area (Å²) in [5, 5.41) is 0. The quantitative estimate of drug-likeness (QED) is 0.452. The van der Waals surface area contributed by atoms with Crippen LogP contribution in [0.15, 0.2) is 0 Å². The van der Waals surface area contributed by atoms with Crippen LogP contribution in [0.1, 0.15) is 19.8 Å². The number of hydrogen-bond acceptors (Lipinski definition) is 1. The van der Waals surface area contributed by atoms with Gasteiger partial charge in [0.15, 0.2) is 0 Å². The molecule has 1 aliphatic heterocycles. The molecule has 0 aromatic rings. The van der Waals surface area contributed by atoms with E-state index < -0.39 is 0 Å². The van der Waals surface area contributed by atoms with Crippen molar-refractivity contribution in [2.45, 2.75) is 25.8 Å². The van der Waals surface area contributed by atoms with Gasteiger partial charge in [-0.25, -0.2) is 0 Å². The van der Waals surface area contributed by atoms with Crippen LogP contribution < -0.4 is 0 Å². The summed E-state index contributed by atoms with van der Waals surface area (Å²) in [5.41, 5.74) is 0.759. The van der Waals surface area contributed by atoms with E-state index in [-0.39, 0.29) is 0 Å². The highest BCUT2D eigenvalue weighted by molar-refractivity contribution is 5.07. The van der Waals surface area contributed by atoms with Crippen LogP contribution in [0.3, 0.4) is 0 Å². The monoisotopic (exact) mass is 111 g/mol. The van der Waals surface area contributed by atoms with Crippen LogP contribution in [0.4, 0.5) is 0 Å². The number of piperidine rings is 1. The van der Waals surface area contributed by atoms with Gasteiger partial charge in [0.1, 0.15) is 0 Å². The van der Waals surface area contributed by atoms with Gasteiger partial charge in [0, 0.05) is 12.6 Å². The molecular weight excluding hydrogens is 98.1 g/mol. The highest BCUT2D eigenvalue weighted by atomic mass is 15.2. The topological polar surface area (TPSA) is 3.24 Å². The number of nitrogens with zero attached hydrogens (tertiary/aromatic N) is 1. The lowest BCUT2D eigenvalue weighted by atomic mass is 9.59. The zero-order valence-electron chi connectivity index (χ0n) is 5.65. The second kappa shape index (κ2) is 1.10. The Morgan fingerprint density at radius 2 is 2.38 bits per heavy atom. The molecule has 1 heterocycles. The van der Waals surface area contributed by atoms with Crippen molar-refractivity contribution in [3.63, 3.8) is 0 Å². The molecule has 8 heavy (non-hydrogen) atoms. The Bertz CT molecular complexity index is 122. The number of fused-ring (bicyclic) bond motifs is 1. The Morgan fingerprint density at radius 3 is 2.38 bits per heavy atom. The summed E-state index contributed by atoms with van der Waals surface area (Å²) >= 11 is 0. The number of likely N-dealkylation sites (tertiary alicyclic amines) is 1. The molecular formula is C7H13N. The Kier molecular flexibility index (Phi) is 0.663. The van der Waals surface area contributed by atoms with Gasteiger partial charge in [-0.3, -0.25) is 0 Å². The molecule has 1 saturated heterocycles. The van der Waals surface area contributed by atoms with Crippen LogP contribution in [0.25, 0.3) is 0 Å². The van der Waals surface area contributed by atoms with E-state index in [2.05, 4.69) is 18.9 Å². The highest BCUT2D eigenvalue weighted by Crippen LogP contribution is 2.51. The molecule has 2 atom stereocenters. The third-order valence-corrected chi connectivity index (χ3v) is 2.94. The van der Waals surface area contributed by atoms with Crippen molar-refractivity contribution in [3.8, 4) is 0 Å². The minimum absolute atomic E-state index is 0.759. The SMILES string of the molecule is CN1CC2(C)CC[C@@H]12. The molecule has 1 saturated carbocycles. The molecule has 0 N–H and O–H groups in total. The molecule has 0 bridgehead atoms. The summed E-state index contributed by atoms with van der Waals surface area (Å²) < 4.78 is 0. The van der Waals surface area contributed by atoms with Crippen LogP contribution in [0, 0.1) is 5.41 Å². The van der Waals surface area contributed by atoms with Gasteiger partial charge in [0.25, 0.3) is 0 Å². The first kappa shape index (κ1) is 4.80. The lowest BCUT2D eigenvalue weighted by Gasteiger charge is -2.62. The summed E-state index contributed by atoms with van der Waals surface area (Å²) in [7, 11) is 2.23. The maximum absolute atomic E-state index is 2.46. The van der Waals surface area contributed by atoms with Crippen molar-refractivity contribution >= 4 is 0 Å².